The number of hydrogen-bond donors (Lipinski definition) is 2. The van der Waals surface area contributed by atoms with Crippen molar-refractivity contribution in [2.45, 2.75) is 19.4 Å². The second kappa shape index (κ2) is 3.82. The van der Waals surface area contributed by atoms with Crippen LogP contribution >= 0.6 is 0 Å². The molecule has 78 valence electrons. The Balaban J connectivity index is 2.15. The third kappa shape index (κ3) is 2.05. The normalized spacial score (nSPS) is 21.3. The number of carbonyl (C=O) groups is 2. The van der Waals surface area contributed by atoms with Crippen LogP contribution in [0.15, 0.2) is 24.3 Å². The van der Waals surface area contributed by atoms with Crippen LogP contribution in [-0.4, -0.2) is 11.7 Å². The van der Waals surface area contributed by atoms with Crippen LogP contribution in [-0.2, 0) is 9.59 Å². The molecule has 0 radical (unpaired) electrons. The topological polar surface area (TPSA) is 58.2 Å². The van der Waals surface area contributed by atoms with Crippen LogP contribution in [0.1, 0.15) is 23.6 Å². The molecule has 1 unspecified atom stereocenters. The summed E-state index contributed by atoms with van der Waals surface area (Å²) in [5, 5.41) is 0. The minimum absolute atomic E-state index is 0.115. The van der Waals surface area contributed by atoms with Gasteiger partial charge in [-0.25, -0.2) is 5.43 Å². The maximum atomic E-state index is 11.2. The van der Waals surface area contributed by atoms with Crippen LogP contribution < -0.4 is 10.9 Å². The number of nitrogens with one attached hydrogen (secondary N) is 2. The summed E-state index contributed by atoms with van der Waals surface area (Å²) in [6.45, 7) is 2.00. The monoisotopic (exact) mass is 204 g/mol. The highest BCUT2D eigenvalue weighted by Gasteiger charge is 2.26. The van der Waals surface area contributed by atoms with E-state index in [9.17, 15) is 9.59 Å². The number of hydrogen-bond acceptors (Lipinski definition) is 3. The minimum Gasteiger partial charge on any atom is -0.289 e. The van der Waals surface area contributed by atoms with Crippen LogP contribution in [0.2, 0.25) is 0 Å². The van der Waals surface area contributed by atoms with E-state index in [-0.39, 0.29) is 18.2 Å². The van der Waals surface area contributed by atoms with E-state index < -0.39 is 5.91 Å². The first kappa shape index (κ1) is 9.86. The number of amides is 1. The van der Waals surface area contributed by atoms with Crippen molar-refractivity contribution in [2.75, 3.05) is 0 Å². The molecule has 1 saturated heterocycles. The summed E-state index contributed by atoms with van der Waals surface area (Å²) in [6.07, 6.45) is 0.217. The van der Waals surface area contributed by atoms with Crippen molar-refractivity contribution in [3.63, 3.8) is 0 Å². The Labute approximate surface area is 87.6 Å². The zero-order valence-electron chi connectivity index (χ0n) is 8.41. The Kier molecular flexibility index (Phi) is 2.51. The Hall–Kier alpha value is -1.68. The van der Waals surface area contributed by atoms with Gasteiger partial charge in [0.25, 0.3) is 0 Å². The van der Waals surface area contributed by atoms with E-state index in [1.54, 1.807) is 0 Å². The van der Waals surface area contributed by atoms with Gasteiger partial charge in [-0.05, 0) is 12.5 Å². The lowest BCUT2D eigenvalue weighted by molar-refractivity contribution is -0.141. The van der Waals surface area contributed by atoms with Crippen LogP contribution in [0.5, 0.6) is 0 Å². The smallest absolute Gasteiger partial charge is 0.289 e. The van der Waals surface area contributed by atoms with Crippen LogP contribution in [0.3, 0.4) is 0 Å². The van der Waals surface area contributed by atoms with E-state index in [2.05, 4.69) is 10.9 Å². The molecule has 1 heterocycles. The van der Waals surface area contributed by atoms with Crippen molar-refractivity contribution < 1.29 is 9.59 Å². The zero-order valence-corrected chi connectivity index (χ0v) is 8.41. The summed E-state index contributed by atoms with van der Waals surface area (Å²) in [7, 11) is 0. The molecule has 4 heteroatoms. The standard InChI is InChI=1S/C11H12N2O2/c1-7-2-4-8(5-3-7)9-6-10(14)11(15)13-12-9/h2-5,9,12H,6H2,1H3,(H,13,15). The average molecular weight is 204 g/mol. The third-order valence-electron chi connectivity index (χ3n) is 2.48. The number of benzene rings is 1. The number of Topliss-reactive ketones (excluding diaryl/α,β-unsaturated/α-hetero) is 1. The summed E-state index contributed by atoms with van der Waals surface area (Å²) in [5.74, 6) is -0.933. The highest BCUT2D eigenvalue weighted by molar-refractivity contribution is 6.36. The molecule has 1 amide bonds. The van der Waals surface area contributed by atoms with Gasteiger partial charge in [0.05, 0.1) is 6.04 Å². The molecule has 1 aromatic carbocycles. The molecule has 0 saturated carbocycles. The summed E-state index contributed by atoms with van der Waals surface area (Å²) in [5.41, 5.74) is 7.35. The van der Waals surface area contributed by atoms with Gasteiger partial charge in [0, 0.05) is 6.42 Å². The Morgan fingerprint density at radius 2 is 1.87 bits per heavy atom. The molecule has 1 aromatic rings. The van der Waals surface area contributed by atoms with Gasteiger partial charge in [-0.1, -0.05) is 29.8 Å². The van der Waals surface area contributed by atoms with E-state index in [0.29, 0.717) is 0 Å². The molecule has 0 aromatic heterocycles. The van der Waals surface area contributed by atoms with E-state index in [0.717, 1.165) is 5.56 Å². The van der Waals surface area contributed by atoms with Crippen LogP contribution in [0.25, 0.3) is 0 Å². The van der Waals surface area contributed by atoms with Crippen molar-refractivity contribution in [2.24, 2.45) is 0 Å². The molecular weight excluding hydrogens is 192 g/mol. The second-order valence-electron chi connectivity index (χ2n) is 3.69. The Morgan fingerprint density at radius 1 is 1.20 bits per heavy atom. The fourth-order valence-electron chi connectivity index (χ4n) is 1.55. The first-order chi connectivity index (χ1) is 7.16. The molecule has 0 spiro atoms. The van der Waals surface area contributed by atoms with Crippen LogP contribution in [0.4, 0.5) is 0 Å². The molecule has 2 N–H and O–H groups in total. The van der Waals surface area contributed by atoms with Gasteiger partial charge in [0.15, 0.2) is 0 Å². The molecule has 0 aliphatic carbocycles. The molecule has 1 fully saturated rings. The number of hydrazine groups is 1. The second-order valence-corrected chi connectivity index (χ2v) is 3.69. The Bertz CT molecular complexity index is 398. The first-order valence-corrected chi connectivity index (χ1v) is 4.82. The van der Waals surface area contributed by atoms with E-state index in [1.807, 2.05) is 31.2 Å². The van der Waals surface area contributed by atoms with Gasteiger partial charge in [-0.2, -0.15) is 0 Å². The molecule has 4 nitrogen and oxygen atoms in total. The zero-order chi connectivity index (χ0) is 10.8. The molecule has 15 heavy (non-hydrogen) atoms. The predicted molar refractivity (Wildman–Crippen MR) is 54.8 cm³/mol. The first-order valence-electron chi connectivity index (χ1n) is 4.82. The van der Waals surface area contributed by atoms with Gasteiger partial charge in [0.2, 0.25) is 5.78 Å². The van der Waals surface area contributed by atoms with E-state index in [4.69, 9.17) is 0 Å². The van der Waals surface area contributed by atoms with Gasteiger partial charge < -0.3 is 0 Å². The quantitative estimate of drug-likeness (QED) is 0.660. The molecule has 1 atom stereocenters. The van der Waals surface area contributed by atoms with E-state index in [1.165, 1.54) is 5.56 Å². The van der Waals surface area contributed by atoms with Gasteiger partial charge >= 0.3 is 5.91 Å². The third-order valence-corrected chi connectivity index (χ3v) is 2.48. The maximum Gasteiger partial charge on any atom is 0.301 e. The molecule has 1 aliphatic heterocycles. The predicted octanol–water partition coefficient (Wildman–Crippen LogP) is 0.630. The molecule has 0 bridgehead atoms. The number of rotatable bonds is 1. The lowest BCUT2D eigenvalue weighted by Gasteiger charge is -2.23. The van der Waals surface area contributed by atoms with Crippen molar-refractivity contribution >= 4 is 11.7 Å². The summed E-state index contributed by atoms with van der Waals surface area (Å²) < 4.78 is 0. The lowest BCUT2D eigenvalue weighted by atomic mass is 9.99. The fourth-order valence-corrected chi connectivity index (χ4v) is 1.55. The van der Waals surface area contributed by atoms with Crippen molar-refractivity contribution in [3.8, 4) is 0 Å². The van der Waals surface area contributed by atoms with Crippen molar-refractivity contribution in [3.05, 3.63) is 35.4 Å². The molecule has 1 aliphatic rings. The van der Waals surface area contributed by atoms with Crippen molar-refractivity contribution in [1.29, 1.82) is 0 Å². The number of ketones is 1. The fraction of sp³-hybridized carbons (Fsp3) is 0.273. The van der Waals surface area contributed by atoms with Crippen molar-refractivity contribution in [1.82, 2.24) is 10.9 Å². The lowest BCUT2D eigenvalue weighted by Crippen LogP contribution is -2.49. The van der Waals surface area contributed by atoms with Crippen LogP contribution in [0, 0.1) is 6.92 Å². The van der Waals surface area contributed by atoms with Gasteiger partial charge in [0.1, 0.15) is 0 Å². The molecular formula is C11H12N2O2. The highest BCUT2D eigenvalue weighted by Crippen LogP contribution is 2.18. The summed E-state index contributed by atoms with van der Waals surface area (Å²) in [6, 6.07) is 7.77. The minimum atomic E-state index is -0.557. The Morgan fingerprint density at radius 3 is 2.47 bits per heavy atom. The average Bonchev–Trinajstić information content (AvgIpc) is 2.23. The summed E-state index contributed by atoms with van der Waals surface area (Å²) in [4.78, 5) is 22.1. The summed E-state index contributed by atoms with van der Waals surface area (Å²) >= 11 is 0. The van der Waals surface area contributed by atoms with E-state index >= 15 is 0 Å². The largest absolute Gasteiger partial charge is 0.301 e. The van der Waals surface area contributed by atoms with Gasteiger partial charge in [-0.3, -0.25) is 15.0 Å². The maximum absolute atomic E-state index is 11.2. The van der Waals surface area contributed by atoms with Gasteiger partial charge in [-0.15, -0.1) is 0 Å². The highest BCUT2D eigenvalue weighted by atomic mass is 16.2. The number of aryl methyl sites for hydroxylation is 1. The SMILES string of the molecule is Cc1ccc(C2CC(=O)C(=O)NN2)cc1. The number of carbonyl (C=O) groups excluding carboxylic acids is 2. The molecule has 2 rings (SSSR count).